The summed E-state index contributed by atoms with van der Waals surface area (Å²) in [6.07, 6.45) is 0.747. The van der Waals surface area contributed by atoms with Gasteiger partial charge < -0.3 is 10.5 Å². The van der Waals surface area contributed by atoms with Gasteiger partial charge in [-0.1, -0.05) is 11.6 Å². The topological polar surface area (TPSA) is 61.0 Å². The Morgan fingerprint density at radius 1 is 1.20 bits per heavy atom. The molecule has 2 N–H and O–H groups in total. The minimum absolute atomic E-state index is 0. The van der Waals surface area contributed by atoms with E-state index in [4.69, 9.17) is 22.1 Å². The minimum atomic E-state index is 0. The number of nitrogens with zero attached hydrogens (tertiary/aromatic N) is 2. The van der Waals surface area contributed by atoms with Gasteiger partial charge in [0.25, 0.3) is 0 Å². The Morgan fingerprint density at radius 3 is 2.55 bits per heavy atom. The Balaban J connectivity index is 0.00000200. The maximum atomic E-state index is 5.81. The maximum Gasteiger partial charge on any atom is 0.166 e. The van der Waals surface area contributed by atoms with Gasteiger partial charge in [0.15, 0.2) is 5.82 Å². The van der Waals surface area contributed by atoms with Gasteiger partial charge in [-0.05, 0) is 43.8 Å². The van der Waals surface area contributed by atoms with Crippen LogP contribution in [0.1, 0.15) is 17.2 Å². The number of halogens is 2. The van der Waals surface area contributed by atoms with Gasteiger partial charge in [-0.15, -0.1) is 12.4 Å². The van der Waals surface area contributed by atoms with Crippen LogP contribution in [-0.2, 0) is 13.0 Å². The predicted molar refractivity (Wildman–Crippen MR) is 82.6 cm³/mol. The third-order valence-electron chi connectivity index (χ3n) is 2.54. The van der Waals surface area contributed by atoms with E-state index < -0.39 is 0 Å². The predicted octanol–water partition coefficient (Wildman–Crippen LogP) is 2.94. The van der Waals surface area contributed by atoms with E-state index in [1.165, 1.54) is 0 Å². The maximum absolute atomic E-state index is 5.81. The van der Waals surface area contributed by atoms with Crippen LogP contribution in [0.5, 0.6) is 5.75 Å². The molecule has 2 aromatic rings. The van der Waals surface area contributed by atoms with Gasteiger partial charge in [-0.3, -0.25) is 0 Å². The first-order valence-corrected chi connectivity index (χ1v) is 6.47. The van der Waals surface area contributed by atoms with Crippen LogP contribution in [0.2, 0.25) is 5.02 Å². The van der Waals surface area contributed by atoms with E-state index in [1.807, 2.05) is 25.1 Å². The quantitative estimate of drug-likeness (QED) is 0.922. The first-order valence-electron chi connectivity index (χ1n) is 6.09. The molecule has 0 radical (unpaired) electrons. The summed E-state index contributed by atoms with van der Waals surface area (Å²) in [7, 11) is 0. The van der Waals surface area contributed by atoms with Gasteiger partial charge in [-0.25, -0.2) is 9.97 Å². The molecule has 1 aromatic carbocycles. The van der Waals surface area contributed by atoms with Crippen molar-refractivity contribution in [1.82, 2.24) is 9.97 Å². The van der Waals surface area contributed by atoms with Crippen molar-refractivity contribution in [2.45, 2.75) is 20.0 Å². The number of aryl methyl sites for hydroxylation is 1. The number of rotatable bonds is 5. The summed E-state index contributed by atoms with van der Waals surface area (Å²) in [6.45, 7) is 2.85. The first-order chi connectivity index (χ1) is 9.17. The molecular weight excluding hydrogens is 297 g/mol. The summed E-state index contributed by atoms with van der Waals surface area (Å²) in [5, 5.41) is 0.685. The molecule has 1 aromatic heterocycles. The lowest BCUT2D eigenvalue weighted by Gasteiger charge is -2.07. The largest absolute Gasteiger partial charge is 0.486 e. The number of hydrogen-bond acceptors (Lipinski definition) is 4. The average Bonchev–Trinajstić information content (AvgIpc) is 2.38. The highest BCUT2D eigenvalue weighted by atomic mass is 35.5. The van der Waals surface area contributed by atoms with Crippen LogP contribution < -0.4 is 10.5 Å². The van der Waals surface area contributed by atoms with Crippen molar-refractivity contribution in [3.05, 3.63) is 52.6 Å². The first kappa shape index (κ1) is 16.7. The van der Waals surface area contributed by atoms with E-state index in [1.54, 1.807) is 12.1 Å². The molecule has 0 spiro atoms. The van der Waals surface area contributed by atoms with Crippen LogP contribution >= 0.6 is 24.0 Å². The van der Waals surface area contributed by atoms with Gasteiger partial charge in [0.2, 0.25) is 0 Å². The third kappa shape index (κ3) is 4.96. The average molecular weight is 314 g/mol. The summed E-state index contributed by atoms with van der Waals surface area (Å²) < 4.78 is 5.62. The van der Waals surface area contributed by atoms with E-state index in [0.29, 0.717) is 24.0 Å². The van der Waals surface area contributed by atoms with Crippen LogP contribution in [0, 0.1) is 6.92 Å². The molecule has 2 rings (SSSR count). The lowest BCUT2D eigenvalue weighted by molar-refractivity contribution is 0.295. The molecule has 0 aliphatic heterocycles. The van der Waals surface area contributed by atoms with Crippen molar-refractivity contribution in [3.63, 3.8) is 0 Å². The van der Waals surface area contributed by atoms with E-state index in [9.17, 15) is 0 Å². The van der Waals surface area contributed by atoms with Crippen LogP contribution in [0.3, 0.4) is 0 Å². The number of benzene rings is 1. The molecule has 0 bridgehead atoms. The van der Waals surface area contributed by atoms with Crippen LogP contribution in [0.25, 0.3) is 0 Å². The van der Waals surface area contributed by atoms with Gasteiger partial charge in [-0.2, -0.15) is 0 Å². The molecule has 0 fully saturated rings. The van der Waals surface area contributed by atoms with Gasteiger partial charge in [0.05, 0.1) is 0 Å². The van der Waals surface area contributed by atoms with E-state index >= 15 is 0 Å². The smallest absolute Gasteiger partial charge is 0.166 e. The molecule has 1 heterocycles. The third-order valence-corrected chi connectivity index (χ3v) is 2.79. The summed E-state index contributed by atoms with van der Waals surface area (Å²) in [5.74, 6) is 1.41. The molecular formula is C14H17Cl2N3O. The zero-order valence-corrected chi connectivity index (χ0v) is 12.7. The van der Waals surface area contributed by atoms with Crippen molar-refractivity contribution in [2.24, 2.45) is 5.73 Å². The molecule has 20 heavy (non-hydrogen) atoms. The van der Waals surface area contributed by atoms with E-state index in [2.05, 4.69) is 9.97 Å². The molecule has 0 amide bonds. The highest BCUT2D eigenvalue weighted by molar-refractivity contribution is 6.30. The van der Waals surface area contributed by atoms with Crippen molar-refractivity contribution < 1.29 is 4.74 Å². The Bertz CT molecular complexity index is 547. The van der Waals surface area contributed by atoms with Crippen LogP contribution in [0.4, 0.5) is 0 Å². The summed E-state index contributed by atoms with van der Waals surface area (Å²) in [5.41, 5.74) is 7.41. The van der Waals surface area contributed by atoms with E-state index in [0.717, 1.165) is 23.6 Å². The molecule has 0 aliphatic rings. The molecule has 4 nitrogen and oxygen atoms in total. The van der Waals surface area contributed by atoms with Gasteiger partial charge >= 0.3 is 0 Å². The lowest BCUT2D eigenvalue weighted by Crippen LogP contribution is -2.09. The standard InChI is InChI=1S/C14H16ClN3O.ClH/c1-10-8-12(6-7-16)18-14(17-10)9-19-13-4-2-11(15)3-5-13;/h2-5,8H,6-7,9,16H2,1H3;1H. The highest BCUT2D eigenvalue weighted by Crippen LogP contribution is 2.16. The molecule has 0 unspecified atom stereocenters. The van der Waals surface area contributed by atoms with E-state index in [-0.39, 0.29) is 12.4 Å². The Hall–Kier alpha value is -1.36. The molecule has 0 saturated heterocycles. The monoisotopic (exact) mass is 313 g/mol. The molecule has 6 heteroatoms. The van der Waals surface area contributed by atoms with Crippen LogP contribution in [-0.4, -0.2) is 16.5 Å². The summed E-state index contributed by atoms with van der Waals surface area (Å²) in [6, 6.07) is 9.15. The van der Waals surface area contributed by atoms with Crippen molar-refractivity contribution in [3.8, 4) is 5.75 Å². The highest BCUT2D eigenvalue weighted by Gasteiger charge is 2.03. The number of hydrogen-bond donors (Lipinski definition) is 1. The summed E-state index contributed by atoms with van der Waals surface area (Å²) in [4.78, 5) is 8.76. The molecule has 0 saturated carbocycles. The fourth-order valence-corrected chi connectivity index (χ4v) is 1.85. The van der Waals surface area contributed by atoms with Gasteiger partial charge in [0.1, 0.15) is 12.4 Å². The number of nitrogens with two attached hydrogens (primary N) is 1. The van der Waals surface area contributed by atoms with Crippen LogP contribution in [0.15, 0.2) is 30.3 Å². The Kier molecular flexibility index (Phi) is 6.71. The Labute approximate surface area is 129 Å². The summed E-state index contributed by atoms with van der Waals surface area (Å²) >= 11 is 5.81. The second kappa shape index (κ2) is 8.04. The molecule has 0 aliphatic carbocycles. The second-order valence-electron chi connectivity index (χ2n) is 4.20. The lowest BCUT2D eigenvalue weighted by atomic mass is 10.2. The van der Waals surface area contributed by atoms with Crippen molar-refractivity contribution >= 4 is 24.0 Å². The zero-order valence-electron chi connectivity index (χ0n) is 11.2. The number of ether oxygens (including phenoxy) is 1. The molecule has 108 valence electrons. The van der Waals surface area contributed by atoms with Gasteiger partial charge in [0, 0.05) is 22.8 Å². The SMILES string of the molecule is Cc1cc(CCN)nc(COc2ccc(Cl)cc2)n1.Cl. The van der Waals surface area contributed by atoms with Crippen molar-refractivity contribution in [1.29, 1.82) is 0 Å². The fourth-order valence-electron chi connectivity index (χ4n) is 1.72. The normalized spacial score (nSPS) is 9.95. The second-order valence-corrected chi connectivity index (χ2v) is 4.63. The number of aromatic nitrogens is 2. The van der Waals surface area contributed by atoms with Crippen molar-refractivity contribution in [2.75, 3.05) is 6.54 Å². The molecule has 0 atom stereocenters. The zero-order chi connectivity index (χ0) is 13.7. The fraction of sp³-hybridized carbons (Fsp3) is 0.286. The minimum Gasteiger partial charge on any atom is -0.486 e. The Morgan fingerprint density at radius 2 is 1.90 bits per heavy atom.